The number of nitrogens with zero attached hydrogens (tertiary/aromatic N) is 4. The van der Waals surface area contributed by atoms with E-state index in [1.165, 1.54) is 25.7 Å². The summed E-state index contributed by atoms with van der Waals surface area (Å²) >= 11 is 0. The molecule has 23 heavy (non-hydrogen) atoms. The van der Waals surface area contributed by atoms with Crippen LogP contribution in [0.3, 0.4) is 0 Å². The lowest BCUT2D eigenvalue weighted by molar-refractivity contribution is 0.430. The van der Waals surface area contributed by atoms with Gasteiger partial charge in [0.15, 0.2) is 0 Å². The summed E-state index contributed by atoms with van der Waals surface area (Å²) in [4.78, 5) is 4.38. The van der Waals surface area contributed by atoms with Gasteiger partial charge in [0.1, 0.15) is 0 Å². The molecule has 3 aromatic heterocycles. The molecule has 3 heterocycles. The second kappa shape index (κ2) is 4.88. The molecule has 2 aliphatic rings. The third-order valence-corrected chi connectivity index (χ3v) is 5.21. The van der Waals surface area contributed by atoms with Crippen molar-refractivity contribution in [1.29, 1.82) is 0 Å². The zero-order valence-electron chi connectivity index (χ0n) is 13.0. The number of rotatable bonds is 3. The smallest absolute Gasteiger partial charge is 0.257 e. The van der Waals surface area contributed by atoms with Gasteiger partial charge in [-0.25, -0.2) is 4.98 Å². The topological polar surface area (TPSA) is 77.8 Å². The number of pyridine rings is 1. The molecule has 6 heteroatoms. The molecule has 0 unspecified atom stereocenters. The van der Waals surface area contributed by atoms with Crippen LogP contribution >= 0.6 is 0 Å². The van der Waals surface area contributed by atoms with Crippen LogP contribution in [-0.4, -0.2) is 20.3 Å². The molecule has 6 nitrogen and oxygen atoms in total. The summed E-state index contributed by atoms with van der Waals surface area (Å²) < 4.78 is 11.2. The molecule has 0 amide bonds. The largest absolute Gasteiger partial charge is 0.420 e. The zero-order chi connectivity index (χ0) is 15.4. The van der Waals surface area contributed by atoms with E-state index in [2.05, 4.69) is 27.3 Å². The molecular weight excluding hydrogens is 292 g/mol. The molecule has 118 valence electrons. The molecule has 2 aliphatic carbocycles. The van der Waals surface area contributed by atoms with Crippen LogP contribution in [-0.2, 0) is 0 Å². The van der Waals surface area contributed by atoms with E-state index >= 15 is 0 Å². The number of aromatic nitrogens is 4. The Morgan fingerprint density at radius 2 is 2.00 bits per heavy atom. The molecule has 2 saturated carbocycles. The van der Waals surface area contributed by atoms with E-state index < -0.39 is 0 Å². The minimum Gasteiger partial charge on any atom is -0.420 e. The molecular formula is C17H18N4O2. The Bertz CT molecular complexity index is 862. The van der Waals surface area contributed by atoms with Gasteiger partial charge in [-0.15, -0.1) is 10.2 Å². The van der Waals surface area contributed by atoms with Crippen LogP contribution in [0.4, 0.5) is 0 Å². The predicted molar refractivity (Wildman–Crippen MR) is 82.8 cm³/mol. The minimum atomic E-state index is 0.428. The monoisotopic (exact) mass is 310 g/mol. The van der Waals surface area contributed by atoms with Crippen LogP contribution in [0.25, 0.3) is 22.6 Å². The highest BCUT2D eigenvalue weighted by Crippen LogP contribution is 2.46. The Balaban J connectivity index is 1.53. The highest BCUT2D eigenvalue weighted by atomic mass is 16.5. The predicted octanol–water partition coefficient (Wildman–Crippen LogP) is 4.05. The normalized spacial score (nSPS) is 24.6. The van der Waals surface area contributed by atoms with Crippen molar-refractivity contribution in [3.63, 3.8) is 0 Å². The Hall–Kier alpha value is -2.24. The van der Waals surface area contributed by atoms with Crippen LogP contribution in [0.2, 0.25) is 0 Å². The van der Waals surface area contributed by atoms with Crippen molar-refractivity contribution >= 4 is 11.1 Å². The van der Waals surface area contributed by atoms with Crippen LogP contribution in [0.15, 0.2) is 21.2 Å². The average molecular weight is 310 g/mol. The zero-order valence-corrected chi connectivity index (χ0v) is 13.0. The SMILES string of the molecule is C[C@H]1C[C@H]1c1nnc(-c2cnc3onc(C4CCCC4)c3c2)o1. The molecule has 2 fully saturated rings. The van der Waals surface area contributed by atoms with E-state index in [1.54, 1.807) is 6.20 Å². The summed E-state index contributed by atoms with van der Waals surface area (Å²) in [5.74, 6) is 2.84. The van der Waals surface area contributed by atoms with Gasteiger partial charge in [-0.3, -0.25) is 0 Å². The fourth-order valence-corrected chi connectivity index (χ4v) is 3.63. The third kappa shape index (κ3) is 2.16. The van der Waals surface area contributed by atoms with Crippen molar-refractivity contribution < 1.29 is 8.94 Å². The van der Waals surface area contributed by atoms with Crippen LogP contribution in [0.5, 0.6) is 0 Å². The van der Waals surface area contributed by atoms with Gasteiger partial charge in [-0.2, -0.15) is 0 Å². The van der Waals surface area contributed by atoms with Gasteiger partial charge in [-0.1, -0.05) is 24.9 Å². The third-order valence-electron chi connectivity index (χ3n) is 5.21. The first kappa shape index (κ1) is 13.2. The summed E-state index contributed by atoms with van der Waals surface area (Å²) in [5, 5.41) is 13.6. The number of hydrogen-bond acceptors (Lipinski definition) is 6. The first-order valence-corrected chi connectivity index (χ1v) is 8.38. The summed E-state index contributed by atoms with van der Waals surface area (Å²) in [6.45, 7) is 2.20. The molecule has 3 aromatic rings. The first-order chi connectivity index (χ1) is 11.3. The van der Waals surface area contributed by atoms with Crippen LogP contribution < -0.4 is 0 Å². The van der Waals surface area contributed by atoms with Gasteiger partial charge in [0.2, 0.25) is 11.8 Å². The Kier molecular flexibility index (Phi) is 2.80. The lowest BCUT2D eigenvalue weighted by atomic mass is 10.0. The fraction of sp³-hybridized carbons (Fsp3) is 0.529. The van der Waals surface area contributed by atoms with Crippen LogP contribution in [0, 0.1) is 5.92 Å². The van der Waals surface area contributed by atoms with Crippen molar-refractivity contribution in [3.8, 4) is 11.5 Å². The second-order valence-corrected chi connectivity index (χ2v) is 6.89. The van der Waals surface area contributed by atoms with Crippen molar-refractivity contribution in [2.75, 3.05) is 0 Å². The minimum absolute atomic E-state index is 0.428. The van der Waals surface area contributed by atoms with Gasteiger partial charge in [0.25, 0.3) is 5.71 Å². The van der Waals surface area contributed by atoms with Gasteiger partial charge in [0.05, 0.1) is 16.6 Å². The molecule has 0 spiro atoms. The van der Waals surface area contributed by atoms with E-state index in [0.717, 1.165) is 29.0 Å². The Morgan fingerprint density at radius 3 is 2.78 bits per heavy atom. The molecule has 0 saturated heterocycles. The maximum Gasteiger partial charge on any atom is 0.257 e. The average Bonchev–Trinajstić information content (AvgIpc) is 3.07. The lowest BCUT2D eigenvalue weighted by Crippen LogP contribution is -1.93. The molecule has 0 bridgehead atoms. The van der Waals surface area contributed by atoms with Crippen LogP contribution in [0.1, 0.15) is 62.4 Å². The highest BCUT2D eigenvalue weighted by molar-refractivity contribution is 5.80. The fourth-order valence-electron chi connectivity index (χ4n) is 3.63. The quantitative estimate of drug-likeness (QED) is 0.726. The maximum atomic E-state index is 5.84. The summed E-state index contributed by atoms with van der Waals surface area (Å²) in [5.41, 5.74) is 2.46. The first-order valence-electron chi connectivity index (χ1n) is 8.38. The van der Waals surface area contributed by atoms with E-state index in [9.17, 15) is 0 Å². The van der Waals surface area contributed by atoms with Crippen molar-refractivity contribution in [1.82, 2.24) is 20.3 Å². The van der Waals surface area contributed by atoms with Crippen molar-refractivity contribution in [2.24, 2.45) is 5.92 Å². The molecule has 0 N–H and O–H groups in total. The van der Waals surface area contributed by atoms with Crippen molar-refractivity contribution in [3.05, 3.63) is 23.8 Å². The van der Waals surface area contributed by atoms with Gasteiger partial charge < -0.3 is 8.94 Å². The highest BCUT2D eigenvalue weighted by Gasteiger charge is 2.38. The van der Waals surface area contributed by atoms with Gasteiger partial charge in [0, 0.05) is 18.0 Å². The van der Waals surface area contributed by atoms with Gasteiger partial charge in [-0.05, 0) is 31.2 Å². The maximum absolute atomic E-state index is 5.84. The Morgan fingerprint density at radius 1 is 1.17 bits per heavy atom. The van der Waals surface area contributed by atoms with Gasteiger partial charge >= 0.3 is 0 Å². The summed E-state index contributed by atoms with van der Waals surface area (Å²) in [7, 11) is 0. The summed E-state index contributed by atoms with van der Waals surface area (Å²) in [6.07, 6.45) is 7.74. The summed E-state index contributed by atoms with van der Waals surface area (Å²) in [6, 6.07) is 2.03. The standard InChI is InChI=1S/C17H18N4O2/c1-9-6-12(9)17-20-19-15(22-17)11-7-13-14(10-4-2-3-5-10)21-23-16(13)18-8-11/h7-10,12H,2-6H2,1H3/t9-,12+/m0/s1. The molecule has 2 atom stereocenters. The Labute approximate surface area is 133 Å². The molecule has 0 radical (unpaired) electrons. The number of fused-ring (bicyclic) bond motifs is 1. The van der Waals surface area contributed by atoms with E-state index in [1.807, 2.05) is 6.07 Å². The molecule has 0 aliphatic heterocycles. The van der Waals surface area contributed by atoms with E-state index in [0.29, 0.717) is 29.4 Å². The van der Waals surface area contributed by atoms with E-state index in [-0.39, 0.29) is 0 Å². The number of hydrogen-bond donors (Lipinski definition) is 0. The molecule has 5 rings (SSSR count). The molecule has 0 aromatic carbocycles. The second-order valence-electron chi connectivity index (χ2n) is 6.89. The lowest BCUT2D eigenvalue weighted by Gasteiger charge is -2.03. The van der Waals surface area contributed by atoms with E-state index in [4.69, 9.17) is 8.94 Å². The van der Waals surface area contributed by atoms with Crippen molar-refractivity contribution in [2.45, 2.75) is 50.9 Å².